The molecule has 88 valence electrons. The van der Waals surface area contributed by atoms with Gasteiger partial charge < -0.3 is 5.32 Å². The fourth-order valence-corrected chi connectivity index (χ4v) is 1.81. The molecule has 17 heavy (non-hydrogen) atoms. The molecular weight excluding hydrogens is 246 g/mol. The van der Waals surface area contributed by atoms with Gasteiger partial charge in [-0.3, -0.25) is 4.79 Å². The zero-order chi connectivity index (χ0) is 12.4. The number of halogens is 2. The minimum atomic E-state index is -0.815. The van der Waals surface area contributed by atoms with Crippen LogP contribution in [0.2, 0.25) is 0 Å². The van der Waals surface area contributed by atoms with E-state index in [9.17, 15) is 13.6 Å². The summed E-state index contributed by atoms with van der Waals surface area (Å²) in [5, 5.41) is 2.16. The van der Waals surface area contributed by atoms with Crippen LogP contribution in [0, 0.1) is 18.6 Å². The predicted octanol–water partition coefficient (Wildman–Crippen LogP) is 2.98. The number of aryl methyl sites for hydroxylation is 1. The first kappa shape index (κ1) is 11.7. The molecule has 6 heteroatoms. The number of aromatic nitrogens is 1. The van der Waals surface area contributed by atoms with E-state index in [-0.39, 0.29) is 5.69 Å². The van der Waals surface area contributed by atoms with E-state index in [4.69, 9.17) is 0 Å². The van der Waals surface area contributed by atoms with Gasteiger partial charge in [0.25, 0.3) is 5.91 Å². The van der Waals surface area contributed by atoms with Crippen LogP contribution in [0.3, 0.4) is 0 Å². The van der Waals surface area contributed by atoms with Crippen molar-refractivity contribution in [1.82, 2.24) is 4.37 Å². The van der Waals surface area contributed by atoms with Crippen LogP contribution in [0.15, 0.2) is 24.3 Å². The number of amides is 1. The van der Waals surface area contributed by atoms with Crippen LogP contribution >= 0.6 is 11.5 Å². The largest absolute Gasteiger partial charge is 0.316 e. The summed E-state index contributed by atoms with van der Waals surface area (Å²) in [6, 6.07) is 4.93. The Morgan fingerprint density at radius 3 is 2.53 bits per heavy atom. The Kier molecular flexibility index (Phi) is 3.14. The maximum atomic E-state index is 13.3. The summed E-state index contributed by atoms with van der Waals surface area (Å²) in [7, 11) is 0. The van der Waals surface area contributed by atoms with Crippen molar-refractivity contribution in [1.29, 1.82) is 0 Å². The van der Waals surface area contributed by atoms with E-state index in [0.29, 0.717) is 0 Å². The maximum absolute atomic E-state index is 13.3. The maximum Gasteiger partial charge on any atom is 0.275 e. The molecule has 0 aliphatic rings. The van der Waals surface area contributed by atoms with Gasteiger partial charge in [0.05, 0.1) is 0 Å². The van der Waals surface area contributed by atoms with Crippen LogP contribution in [0.5, 0.6) is 0 Å². The van der Waals surface area contributed by atoms with Gasteiger partial charge in [0, 0.05) is 4.88 Å². The molecule has 3 nitrogen and oxygen atoms in total. The fraction of sp³-hybridized carbons (Fsp3) is 0.0909. The smallest absolute Gasteiger partial charge is 0.275 e. The van der Waals surface area contributed by atoms with Gasteiger partial charge in [0.15, 0.2) is 0 Å². The second-order valence-electron chi connectivity index (χ2n) is 3.37. The van der Waals surface area contributed by atoms with Gasteiger partial charge in [-0.05, 0) is 36.7 Å². The number of hydrogen-bond acceptors (Lipinski definition) is 3. The van der Waals surface area contributed by atoms with E-state index in [0.717, 1.165) is 28.5 Å². The normalized spacial score (nSPS) is 10.3. The Morgan fingerprint density at radius 2 is 2.00 bits per heavy atom. The minimum absolute atomic E-state index is 0.148. The van der Waals surface area contributed by atoms with Crippen molar-refractivity contribution in [2.24, 2.45) is 0 Å². The molecule has 0 bridgehead atoms. The van der Waals surface area contributed by atoms with E-state index in [2.05, 4.69) is 9.69 Å². The lowest BCUT2D eigenvalue weighted by atomic mass is 10.2. The quantitative estimate of drug-likeness (QED) is 0.895. The van der Waals surface area contributed by atoms with E-state index < -0.39 is 23.2 Å². The minimum Gasteiger partial charge on any atom is -0.316 e. The predicted molar refractivity (Wildman–Crippen MR) is 61.2 cm³/mol. The van der Waals surface area contributed by atoms with Gasteiger partial charge in [-0.25, -0.2) is 8.78 Å². The van der Waals surface area contributed by atoms with Gasteiger partial charge in [0.2, 0.25) is 0 Å². The number of carbonyl (C=O) groups is 1. The number of benzene rings is 1. The second kappa shape index (κ2) is 4.58. The van der Waals surface area contributed by atoms with E-state index in [1.807, 2.05) is 0 Å². The molecule has 0 saturated carbocycles. The first-order valence-corrected chi connectivity index (χ1v) is 5.54. The monoisotopic (exact) mass is 254 g/mol. The van der Waals surface area contributed by atoms with Crippen LogP contribution in [0.1, 0.15) is 15.4 Å². The van der Waals surface area contributed by atoms with Crippen molar-refractivity contribution in [3.8, 4) is 0 Å². The first-order chi connectivity index (χ1) is 8.08. The lowest BCUT2D eigenvalue weighted by molar-refractivity contribution is 0.102. The van der Waals surface area contributed by atoms with Crippen molar-refractivity contribution in [3.05, 3.63) is 46.5 Å². The van der Waals surface area contributed by atoms with Gasteiger partial charge in [-0.2, -0.15) is 4.37 Å². The number of nitrogens with one attached hydrogen (secondary N) is 1. The highest BCUT2D eigenvalue weighted by atomic mass is 32.1. The zero-order valence-electron chi connectivity index (χ0n) is 8.83. The van der Waals surface area contributed by atoms with Gasteiger partial charge >= 0.3 is 0 Å². The molecule has 1 aromatic carbocycles. The third-order valence-corrected chi connectivity index (χ3v) is 2.76. The van der Waals surface area contributed by atoms with E-state index >= 15 is 0 Å². The summed E-state index contributed by atoms with van der Waals surface area (Å²) in [5.74, 6) is -2.26. The first-order valence-electron chi connectivity index (χ1n) is 4.76. The standard InChI is InChI=1S/C11H8F2N2OS/c1-6-5-9(15-17-6)11(16)14-10-7(12)3-2-4-8(10)13/h2-5H,1H3,(H,14,16). The van der Waals surface area contributed by atoms with E-state index in [1.165, 1.54) is 6.07 Å². The molecule has 0 atom stereocenters. The molecule has 2 aromatic rings. The average Bonchev–Trinajstić information content (AvgIpc) is 2.70. The van der Waals surface area contributed by atoms with Crippen LogP contribution < -0.4 is 5.32 Å². The average molecular weight is 254 g/mol. The summed E-state index contributed by atoms with van der Waals surface area (Å²) in [6.45, 7) is 1.79. The van der Waals surface area contributed by atoms with Crippen molar-refractivity contribution in [2.75, 3.05) is 5.32 Å². The third-order valence-electron chi connectivity index (χ3n) is 2.06. The molecule has 0 aliphatic carbocycles. The molecular formula is C11H8F2N2OS. The van der Waals surface area contributed by atoms with Gasteiger partial charge in [-0.1, -0.05) is 6.07 Å². The highest BCUT2D eigenvalue weighted by Gasteiger charge is 2.15. The molecule has 2 rings (SSSR count). The van der Waals surface area contributed by atoms with Crippen molar-refractivity contribution in [3.63, 3.8) is 0 Å². The molecule has 0 fully saturated rings. The highest BCUT2D eigenvalue weighted by Crippen LogP contribution is 2.19. The third kappa shape index (κ3) is 2.47. The van der Waals surface area contributed by atoms with Crippen LogP contribution in [0.4, 0.5) is 14.5 Å². The van der Waals surface area contributed by atoms with Crippen molar-refractivity contribution in [2.45, 2.75) is 6.92 Å². The molecule has 0 spiro atoms. The zero-order valence-corrected chi connectivity index (χ0v) is 9.65. The summed E-state index contributed by atoms with van der Waals surface area (Å²) in [6.07, 6.45) is 0. The van der Waals surface area contributed by atoms with Crippen LogP contribution in [0.25, 0.3) is 0 Å². The van der Waals surface area contributed by atoms with Crippen LogP contribution in [-0.4, -0.2) is 10.3 Å². The lowest BCUT2D eigenvalue weighted by Gasteiger charge is -2.05. The van der Waals surface area contributed by atoms with Crippen molar-refractivity contribution < 1.29 is 13.6 Å². The number of nitrogens with zero attached hydrogens (tertiary/aromatic N) is 1. The number of para-hydroxylation sites is 1. The summed E-state index contributed by atoms with van der Waals surface area (Å²) in [5.41, 5.74) is -0.307. The lowest BCUT2D eigenvalue weighted by Crippen LogP contribution is -2.14. The molecule has 1 heterocycles. The molecule has 1 N–H and O–H groups in total. The molecule has 0 aliphatic heterocycles. The molecule has 1 amide bonds. The summed E-state index contributed by atoms with van der Waals surface area (Å²) in [4.78, 5) is 12.5. The van der Waals surface area contributed by atoms with Gasteiger partial charge in [-0.15, -0.1) is 0 Å². The van der Waals surface area contributed by atoms with Crippen LogP contribution in [-0.2, 0) is 0 Å². The Morgan fingerprint density at radius 1 is 1.35 bits per heavy atom. The highest BCUT2D eigenvalue weighted by molar-refractivity contribution is 7.05. The Hall–Kier alpha value is -1.82. The number of carbonyl (C=O) groups excluding carboxylic acids is 1. The Bertz CT molecular complexity index is 548. The fourth-order valence-electron chi connectivity index (χ4n) is 1.27. The van der Waals surface area contributed by atoms with E-state index in [1.54, 1.807) is 13.0 Å². The SMILES string of the molecule is Cc1cc(C(=O)Nc2c(F)cccc2F)ns1. The number of anilines is 1. The second-order valence-corrected chi connectivity index (χ2v) is 4.38. The topological polar surface area (TPSA) is 42.0 Å². The molecule has 0 unspecified atom stereocenters. The summed E-state index contributed by atoms with van der Waals surface area (Å²) < 4.78 is 30.4. The van der Waals surface area contributed by atoms with Crippen molar-refractivity contribution >= 4 is 23.1 Å². The molecule has 0 radical (unpaired) electrons. The molecule has 0 saturated heterocycles. The van der Waals surface area contributed by atoms with Gasteiger partial charge in [0.1, 0.15) is 23.0 Å². The Balaban J connectivity index is 2.24. The Labute approximate surface area is 100 Å². The number of rotatable bonds is 2. The molecule has 1 aromatic heterocycles. The summed E-state index contributed by atoms with van der Waals surface area (Å²) >= 11 is 1.15. The number of hydrogen-bond donors (Lipinski definition) is 1.